The van der Waals surface area contributed by atoms with Crippen molar-refractivity contribution in [1.29, 1.82) is 0 Å². The van der Waals surface area contributed by atoms with E-state index in [1.54, 1.807) is 0 Å². The van der Waals surface area contributed by atoms with Gasteiger partial charge in [-0.15, -0.1) is 11.3 Å². The fourth-order valence-corrected chi connectivity index (χ4v) is 8.70. The first-order valence-electron chi connectivity index (χ1n) is 16.7. The molecule has 0 aliphatic heterocycles. The number of nitrogens with zero attached hydrogens (tertiary/aromatic N) is 2. The predicted octanol–water partition coefficient (Wildman–Crippen LogP) is 13.4. The van der Waals surface area contributed by atoms with E-state index in [2.05, 4.69) is 191 Å². The molecule has 0 saturated heterocycles. The molecule has 49 heavy (non-hydrogen) atoms. The molecule has 2 nitrogen and oxygen atoms in total. The van der Waals surface area contributed by atoms with Crippen LogP contribution in [0, 0.1) is 0 Å². The molecule has 0 atom stereocenters. The van der Waals surface area contributed by atoms with Gasteiger partial charge in [-0.2, -0.15) is 0 Å². The van der Waals surface area contributed by atoms with Crippen molar-refractivity contribution in [3.05, 3.63) is 182 Å². The van der Waals surface area contributed by atoms with Gasteiger partial charge in [-0.3, -0.25) is 0 Å². The molecular weight excluding hydrogens is 613 g/mol. The Hall–Kier alpha value is -6.16. The number of hydrogen-bond acceptors (Lipinski definition) is 2. The van der Waals surface area contributed by atoms with E-state index in [0.29, 0.717) is 0 Å². The van der Waals surface area contributed by atoms with Crippen LogP contribution in [-0.2, 0) is 0 Å². The van der Waals surface area contributed by atoms with Gasteiger partial charge in [0.25, 0.3) is 0 Å². The molecule has 2 aromatic heterocycles. The van der Waals surface area contributed by atoms with Crippen molar-refractivity contribution >= 4 is 81.1 Å². The smallest absolute Gasteiger partial charge is 0.0562 e. The summed E-state index contributed by atoms with van der Waals surface area (Å²) in [7, 11) is 0. The van der Waals surface area contributed by atoms with Crippen molar-refractivity contribution < 1.29 is 0 Å². The van der Waals surface area contributed by atoms with Crippen molar-refractivity contribution in [1.82, 2.24) is 4.57 Å². The number of rotatable bonds is 5. The zero-order chi connectivity index (χ0) is 32.3. The van der Waals surface area contributed by atoms with Gasteiger partial charge in [0.05, 0.1) is 11.0 Å². The number of benzene rings is 8. The van der Waals surface area contributed by atoms with Crippen LogP contribution in [0.3, 0.4) is 0 Å². The van der Waals surface area contributed by atoms with Crippen molar-refractivity contribution in [2.75, 3.05) is 4.90 Å². The lowest BCUT2D eigenvalue weighted by Gasteiger charge is -2.26. The number of hydrogen-bond donors (Lipinski definition) is 0. The summed E-state index contributed by atoms with van der Waals surface area (Å²) in [5.41, 5.74) is 9.39. The molecule has 0 fully saturated rings. The molecule has 0 amide bonds. The van der Waals surface area contributed by atoms with E-state index in [4.69, 9.17) is 0 Å². The molecule has 0 radical (unpaired) electrons. The first kappa shape index (κ1) is 27.9. The van der Waals surface area contributed by atoms with Crippen LogP contribution in [0.15, 0.2) is 182 Å². The molecule has 230 valence electrons. The second-order valence-corrected chi connectivity index (χ2v) is 13.6. The van der Waals surface area contributed by atoms with Crippen LogP contribution in [0.25, 0.3) is 69.6 Å². The van der Waals surface area contributed by atoms with Crippen LogP contribution in [0.5, 0.6) is 0 Å². The molecule has 0 unspecified atom stereocenters. The number of thiophene rings is 1. The second-order valence-electron chi connectivity index (χ2n) is 12.5. The van der Waals surface area contributed by atoms with Crippen LogP contribution in [0.1, 0.15) is 0 Å². The monoisotopic (exact) mass is 642 g/mol. The second kappa shape index (κ2) is 11.2. The zero-order valence-corrected chi connectivity index (χ0v) is 27.4. The molecule has 0 spiro atoms. The van der Waals surface area contributed by atoms with E-state index in [9.17, 15) is 0 Å². The van der Waals surface area contributed by atoms with E-state index in [1.165, 1.54) is 63.9 Å². The highest BCUT2D eigenvalue weighted by molar-refractivity contribution is 7.25. The van der Waals surface area contributed by atoms with Crippen LogP contribution in [0.4, 0.5) is 17.1 Å². The molecule has 10 aromatic rings. The Kier molecular flexibility index (Phi) is 6.39. The Bertz CT molecular complexity index is 2820. The summed E-state index contributed by atoms with van der Waals surface area (Å²) >= 11 is 1.86. The highest BCUT2D eigenvalue weighted by atomic mass is 32.1. The van der Waals surface area contributed by atoms with Gasteiger partial charge in [-0.1, -0.05) is 115 Å². The molecule has 0 saturated carbocycles. The van der Waals surface area contributed by atoms with Gasteiger partial charge in [-0.05, 0) is 88.6 Å². The number of para-hydroxylation sites is 2. The quantitative estimate of drug-likeness (QED) is 0.181. The van der Waals surface area contributed by atoms with Crippen molar-refractivity contribution in [2.24, 2.45) is 0 Å². The Morgan fingerprint density at radius 1 is 0.388 bits per heavy atom. The Labute approximate surface area is 288 Å². The van der Waals surface area contributed by atoms with Gasteiger partial charge >= 0.3 is 0 Å². The number of aromatic nitrogens is 1. The van der Waals surface area contributed by atoms with Crippen molar-refractivity contribution in [3.63, 3.8) is 0 Å². The molecular formula is C46H30N2S. The Morgan fingerprint density at radius 3 is 1.92 bits per heavy atom. The van der Waals surface area contributed by atoms with Crippen LogP contribution >= 0.6 is 11.3 Å². The highest BCUT2D eigenvalue weighted by Crippen LogP contribution is 2.45. The van der Waals surface area contributed by atoms with E-state index in [-0.39, 0.29) is 0 Å². The SMILES string of the molecule is c1ccc(N(c2ccc3sc4ccccc4c3c2)c2ccc3c4c(-c5cccc6ccccc56)cccc4n(-c4ccccc4)c3c2)cc1. The third kappa shape index (κ3) is 4.47. The van der Waals surface area contributed by atoms with Crippen LogP contribution in [0.2, 0.25) is 0 Å². The summed E-state index contributed by atoms with van der Waals surface area (Å²) in [6, 6.07) is 66.2. The van der Waals surface area contributed by atoms with Gasteiger partial charge in [0.15, 0.2) is 0 Å². The van der Waals surface area contributed by atoms with E-state index in [0.717, 1.165) is 22.7 Å². The van der Waals surface area contributed by atoms with Crippen molar-refractivity contribution in [3.8, 4) is 16.8 Å². The Morgan fingerprint density at radius 2 is 1.04 bits per heavy atom. The fraction of sp³-hybridized carbons (Fsp3) is 0. The van der Waals surface area contributed by atoms with Gasteiger partial charge in [0, 0.05) is 53.7 Å². The Balaban J connectivity index is 1.26. The first-order valence-corrected chi connectivity index (χ1v) is 17.5. The largest absolute Gasteiger partial charge is 0.310 e. The van der Waals surface area contributed by atoms with E-state index in [1.807, 2.05) is 11.3 Å². The maximum atomic E-state index is 2.43. The minimum atomic E-state index is 1.12. The molecule has 0 aliphatic carbocycles. The topological polar surface area (TPSA) is 8.17 Å². The predicted molar refractivity (Wildman–Crippen MR) is 211 cm³/mol. The molecule has 2 heterocycles. The average molecular weight is 643 g/mol. The normalized spacial score (nSPS) is 11.7. The average Bonchev–Trinajstić information content (AvgIpc) is 3.71. The van der Waals surface area contributed by atoms with Crippen LogP contribution in [-0.4, -0.2) is 4.57 Å². The molecule has 8 aromatic carbocycles. The lowest BCUT2D eigenvalue weighted by Crippen LogP contribution is -2.09. The summed E-state index contributed by atoms with van der Waals surface area (Å²) < 4.78 is 5.05. The van der Waals surface area contributed by atoms with Gasteiger partial charge in [0.2, 0.25) is 0 Å². The summed E-state index contributed by atoms with van der Waals surface area (Å²) in [4.78, 5) is 2.39. The lowest BCUT2D eigenvalue weighted by molar-refractivity contribution is 1.18. The summed E-state index contributed by atoms with van der Waals surface area (Å²) in [6.45, 7) is 0. The number of anilines is 3. The van der Waals surface area contributed by atoms with E-state index < -0.39 is 0 Å². The lowest BCUT2D eigenvalue weighted by atomic mass is 9.94. The van der Waals surface area contributed by atoms with Crippen LogP contribution < -0.4 is 4.90 Å². The van der Waals surface area contributed by atoms with Gasteiger partial charge in [0.1, 0.15) is 0 Å². The highest BCUT2D eigenvalue weighted by Gasteiger charge is 2.20. The summed E-state index contributed by atoms with van der Waals surface area (Å²) in [5, 5.41) is 7.61. The zero-order valence-electron chi connectivity index (χ0n) is 26.6. The maximum Gasteiger partial charge on any atom is 0.0562 e. The van der Waals surface area contributed by atoms with Gasteiger partial charge in [-0.25, -0.2) is 0 Å². The standard InChI is InChI=1S/C46H30N2S/c1-3-15-32(16-4-1)47(34-26-28-45-41(29-34)38-20-9-10-24-44(38)49-45)35-25-27-40-43(30-35)48(33-17-5-2-6-18-33)42-23-12-22-39(46(40)42)37-21-11-14-31-13-7-8-19-36(31)37/h1-30H. The third-order valence-corrected chi connectivity index (χ3v) is 10.9. The van der Waals surface area contributed by atoms with Gasteiger partial charge < -0.3 is 9.47 Å². The number of fused-ring (bicyclic) bond motifs is 7. The van der Waals surface area contributed by atoms with Crippen molar-refractivity contribution in [2.45, 2.75) is 0 Å². The summed E-state index contributed by atoms with van der Waals surface area (Å²) in [6.07, 6.45) is 0. The molecule has 10 rings (SSSR count). The first-order chi connectivity index (χ1) is 24.3. The minimum absolute atomic E-state index is 1.12. The third-order valence-electron chi connectivity index (χ3n) is 9.76. The summed E-state index contributed by atoms with van der Waals surface area (Å²) in [5.74, 6) is 0. The van der Waals surface area contributed by atoms with E-state index >= 15 is 0 Å². The molecule has 3 heteroatoms. The molecule has 0 N–H and O–H groups in total. The molecule has 0 bridgehead atoms. The minimum Gasteiger partial charge on any atom is -0.310 e. The maximum absolute atomic E-state index is 2.43. The fourth-order valence-electron chi connectivity index (χ4n) is 7.61. The molecule has 0 aliphatic rings.